The Balaban J connectivity index is 2.41. The van der Waals surface area contributed by atoms with E-state index in [1.165, 1.54) is 5.56 Å². The van der Waals surface area contributed by atoms with Crippen LogP contribution in [-0.4, -0.2) is 13.0 Å². The number of hydroxylamine groups is 1. The monoisotopic (exact) mass is 235 g/mol. The maximum absolute atomic E-state index is 10.0. The molecular formula is C14H21NO2. The molecule has 1 aromatic carbocycles. The fourth-order valence-electron chi connectivity index (χ4n) is 1.89. The van der Waals surface area contributed by atoms with E-state index in [-0.39, 0.29) is 0 Å². The van der Waals surface area contributed by atoms with Crippen LogP contribution in [0, 0.1) is 11.8 Å². The van der Waals surface area contributed by atoms with Crippen LogP contribution in [0.25, 0.3) is 0 Å². The lowest BCUT2D eigenvalue weighted by atomic mass is 9.87. The highest BCUT2D eigenvalue weighted by molar-refractivity contribution is 5.43. The van der Waals surface area contributed by atoms with Crippen LogP contribution in [0.2, 0.25) is 0 Å². The van der Waals surface area contributed by atoms with Crippen LogP contribution in [0.4, 0.5) is 0 Å². The summed E-state index contributed by atoms with van der Waals surface area (Å²) in [5.74, 6) is 1.18. The SMILES string of the molecule is CC(C)C(CCONC=O)Cc1ccccc1. The number of carbonyl (C=O) groups is 1. The van der Waals surface area contributed by atoms with Crippen molar-refractivity contribution in [3.05, 3.63) is 35.9 Å². The molecule has 0 aliphatic carbocycles. The molecule has 3 heteroatoms. The van der Waals surface area contributed by atoms with Gasteiger partial charge in [-0.15, -0.1) is 0 Å². The molecule has 1 aromatic rings. The fourth-order valence-corrected chi connectivity index (χ4v) is 1.89. The van der Waals surface area contributed by atoms with Gasteiger partial charge in [0.1, 0.15) is 0 Å². The van der Waals surface area contributed by atoms with Crippen LogP contribution in [0.1, 0.15) is 25.8 Å². The summed E-state index contributed by atoms with van der Waals surface area (Å²) in [6, 6.07) is 10.5. The second kappa shape index (κ2) is 7.85. The van der Waals surface area contributed by atoms with E-state index in [9.17, 15) is 4.79 Å². The number of rotatable bonds is 8. The predicted octanol–water partition coefficient (Wildman–Crippen LogP) is 2.57. The van der Waals surface area contributed by atoms with Crippen molar-refractivity contribution in [1.82, 2.24) is 5.48 Å². The molecule has 0 fully saturated rings. The molecule has 0 saturated carbocycles. The summed E-state index contributed by atoms with van der Waals surface area (Å²) in [4.78, 5) is 15.0. The van der Waals surface area contributed by atoms with Gasteiger partial charge in [0.15, 0.2) is 0 Å². The Morgan fingerprint density at radius 2 is 2.00 bits per heavy atom. The molecule has 1 amide bonds. The Morgan fingerprint density at radius 1 is 1.29 bits per heavy atom. The summed E-state index contributed by atoms with van der Waals surface area (Å²) in [6.07, 6.45) is 2.57. The smallest absolute Gasteiger partial charge is 0.230 e. The van der Waals surface area contributed by atoms with Gasteiger partial charge in [-0.1, -0.05) is 44.2 Å². The first kappa shape index (κ1) is 13.7. The number of amides is 1. The fraction of sp³-hybridized carbons (Fsp3) is 0.500. The molecule has 17 heavy (non-hydrogen) atoms. The van der Waals surface area contributed by atoms with Crippen molar-refractivity contribution < 1.29 is 9.63 Å². The third-order valence-electron chi connectivity index (χ3n) is 3.01. The van der Waals surface area contributed by atoms with Gasteiger partial charge < -0.3 is 0 Å². The van der Waals surface area contributed by atoms with E-state index in [2.05, 4.69) is 43.6 Å². The van der Waals surface area contributed by atoms with Gasteiger partial charge in [-0.05, 0) is 30.2 Å². The first-order valence-corrected chi connectivity index (χ1v) is 6.09. The van der Waals surface area contributed by atoms with Gasteiger partial charge in [-0.3, -0.25) is 9.63 Å². The summed E-state index contributed by atoms with van der Waals surface area (Å²) in [5, 5.41) is 0. The van der Waals surface area contributed by atoms with Crippen LogP contribution >= 0.6 is 0 Å². The molecule has 0 aliphatic rings. The van der Waals surface area contributed by atoms with Gasteiger partial charge >= 0.3 is 0 Å². The Kier molecular flexibility index (Phi) is 6.33. The predicted molar refractivity (Wildman–Crippen MR) is 68.2 cm³/mol. The second-order valence-corrected chi connectivity index (χ2v) is 4.57. The van der Waals surface area contributed by atoms with Crippen molar-refractivity contribution >= 4 is 6.41 Å². The van der Waals surface area contributed by atoms with Crippen LogP contribution in [-0.2, 0) is 16.1 Å². The van der Waals surface area contributed by atoms with E-state index < -0.39 is 0 Å². The zero-order valence-electron chi connectivity index (χ0n) is 10.6. The van der Waals surface area contributed by atoms with Crippen LogP contribution in [0.15, 0.2) is 30.3 Å². The minimum Gasteiger partial charge on any atom is -0.277 e. The van der Waals surface area contributed by atoms with E-state index in [0.29, 0.717) is 24.9 Å². The highest BCUT2D eigenvalue weighted by atomic mass is 16.6. The van der Waals surface area contributed by atoms with Crippen LogP contribution in [0.5, 0.6) is 0 Å². The summed E-state index contributed by atoms with van der Waals surface area (Å²) >= 11 is 0. The van der Waals surface area contributed by atoms with Crippen LogP contribution in [0.3, 0.4) is 0 Å². The number of hydrogen-bond acceptors (Lipinski definition) is 2. The van der Waals surface area contributed by atoms with E-state index >= 15 is 0 Å². The van der Waals surface area contributed by atoms with Crippen molar-refractivity contribution in [2.75, 3.05) is 6.61 Å². The maximum atomic E-state index is 10.0. The van der Waals surface area contributed by atoms with Gasteiger partial charge in [0.25, 0.3) is 0 Å². The molecule has 0 radical (unpaired) electrons. The average molecular weight is 235 g/mol. The minimum absolute atomic E-state index is 0.557. The Morgan fingerprint density at radius 3 is 2.59 bits per heavy atom. The van der Waals surface area contributed by atoms with E-state index in [1.807, 2.05) is 6.07 Å². The third-order valence-corrected chi connectivity index (χ3v) is 3.01. The number of carbonyl (C=O) groups excluding carboxylic acids is 1. The lowest BCUT2D eigenvalue weighted by Crippen LogP contribution is -2.19. The lowest BCUT2D eigenvalue weighted by Gasteiger charge is -2.20. The van der Waals surface area contributed by atoms with Crippen molar-refractivity contribution in [1.29, 1.82) is 0 Å². The Hall–Kier alpha value is -1.35. The number of nitrogens with one attached hydrogen (secondary N) is 1. The standard InChI is InChI=1S/C14H21NO2/c1-12(2)14(8-9-17-15-11-16)10-13-6-4-3-5-7-13/h3-7,11-12,14H,8-10H2,1-2H3,(H,15,16). The molecule has 0 saturated heterocycles. The summed E-state index contributed by atoms with van der Waals surface area (Å²) < 4.78 is 0. The lowest BCUT2D eigenvalue weighted by molar-refractivity contribution is -0.121. The maximum Gasteiger partial charge on any atom is 0.230 e. The highest BCUT2D eigenvalue weighted by Gasteiger charge is 2.13. The molecule has 0 spiro atoms. The first-order valence-electron chi connectivity index (χ1n) is 6.09. The molecule has 94 valence electrons. The average Bonchev–Trinajstić information content (AvgIpc) is 2.34. The topological polar surface area (TPSA) is 38.3 Å². The van der Waals surface area contributed by atoms with Gasteiger partial charge in [-0.2, -0.15) is 0 Å². The molecule has 1 unspecified atom stereocenters. The summed E-state index contributed by atoms with van der Waals surface area (Å²) in [5.41, 5.74) is 3.58. The largest absolute Gasteiger partial charge is 0.277 e. The highest BCUT2D eigenvalue weighted by Crippen LogP contribution is 2.20. The first-order chi connectivity index (χ1) is 8.24. The molecule has 0 aromatic heterocycles. The summed E-state index contributed by atoms with van der Waals surface area (Å²) in [6.45, 7) is 5.01. The summed E-state index contributed by atoms with van der Waals surface area (Å²) in [7, 11) is 0. The van der Waals surface area contributed by atoms with Crippen molar-refractivity contribution in [2.24, 2.45) is 11.8 Å². The van der Waals surface area contributed by atoms with Gasteiger partial charge in [0, 0.05) is 0 Å². The van der Waals surface area contributed by atoms with E-state index in [0.717, 1.165) is 12.8 Å². The zero-order chi connectivity index (χ0) is 12.5. The third kappa shape index (κ3) is 5.50. The van der Waals surface area contributed by atoms with Gasteiger partial charge in [0.05, 0.1) is 6.61 Å². The van der Waals surface area contributed by atoms with Crippen molar-refractivity contribution in [3.8, 4) is 0 Å². The minimum atomic E-state index is 0.557. The van der Waals surface area contributed by atoms with Crippen LogP contribution < -0.4 is 5.48 Å². The Bertz CT molecular complexity index is 311. The molecule has 1 atom stereocenters. The molecular weight excluding hydrogens is 214 g/mol. The quantitative estimate of drug-likeness (QED) is 0.427. The van der Waals surface area contributed by atoms with E-state index in [1.54, 1.807) is 0 Å². The second-order valence-electron chi connectivity index (χ2n) is 4.57. The number of hydrogen-bond donors (Lipinski definition) is 1. The van der Waals surface area contributed by atoms with Crippen molar-refractivity contribution in [3.63, 3.8) is 0 Å². The molecule has 1 rings (SSSR count). The molecule has 0 heterocycles. The number of benzene rings is 1. The van der Waals surface area contributed by atoms with Gasteiger partial charge in [-0.25, -0.2) is 5.48 Å². The van der Waals surface area contributed by atoms with Gasteiger partial charge in [0.2, 0.25) is 6.41 Å². The molecule has 3 nitrogen and oxygen atoms in total. The van der Waals surface area contributed by atoms with Crippen molar-refractivity contribution in [2.45, 2.75) is 26.7 Å². The van der Waals surface area contributed by atoms with E-state index in [4.69, 9.17) is 4.84 Å². The zero-order valence-corrected chi connectivity index (χ0v) is 10.6. The molecule has 1 N–H and O–H groups in total. The Labute approximate surface area is 103 Å². The molecule has 0 aliphatic heterocycles. The normalized spacial score (nSPS) is 12.4. The molecule has 0 bridgehead atoms.